The van der Waals surface area contributed by atoms with Crippen LogP contribution in [-0.2, 0) is 4.79 Å². The molecule has 0 aromatic carbocycles. The van der Waals surface area contributed by atoms with E-state index >= 15 is 0 Å². The van der Waals surface area contributed by atoms with Crippen LogP contribution in [0.5, 0.6) is 0 Å². The third-order valence-electron chi connectivity index (χ3n) is 4.68. The Hall–Kier alpha value is -0.570. The number of hydrogen-bond acceptors (Lipinski definition) is 2. The first-order valence-corrected chi connectivity index (χ1v) is 7.10. The quantitative estimate of drug-likeness (QED) is 0.812. The summed E-state index contributed by atoms with van der Waals surface area (Å²) >= 11 is 0. The highest BCUT2D eigenvalue weighted by Crippen LogP contribution is 2.42. The van der Waals surface area contributed by atoms with Gasteiger partial charge in [-0.1, -0.05) is 13.3 Å². The monoisotopic (exact) mass is 238 g/mol. The minimum absolute atomic E-state index is 0.00217. The molecule has 2 aliphatic rings. The highest BCUT2D eigenvalue weighted by Gasteiger charge is 2.42. The van der Waals surface area contributed by atoms with E-state index in [9.17, 15) is 4.79 Å². The molecule has 3 heteroatoms. The lowest BCUT2D eigenvalue weighted by atomic mass is 9.69. The average Bonchev–Trinajstić information content (AvgIpc) is 2.33. The molecule has 1 aliphatic heterocycles. The molecule has 3 nitrogen and oxygen atoms in total. The van der Waals surface area contributed by atoms with Gasteiger partial charge < -0.3 is 10.2 Å². The molecule has 2 fully saturated rings. The standard InChI is InChI=1S/C14H26N2O/c1-14(7-3-8-14)13(17)16-10-5-12(6-11-16)4-9-15-2/h12,15H,3-11H2,1-2H3. The molecule has 0 unspecified atom stereocenters. The fourth-order valence-electron chi connectivity index (χ4n) is 3.08. The largest absolute Gasteiger partial charge is 0.342 e. The fraction of sp³-hybridized carbons (Fsp3) is 0.929. The summed E-state index contributed by atoms with van der Waals surface area (Å²) in [6.45, 7) is 5.23. The maximum Gasteiger partial charge on any atom is 0.228 e. The first kappa shape index (κ1) is 12.9. The summed E-state index contributed by atoms with van der Waals surface area (Å²) in [5.41, 5.74) is -0.00217. The van der Waals surface area contributed by atoms with E-state index in [0.29, 0.717) is 5.91 Å². The lowest BCUT2D eigenvalue weighted by Gasteiger charge is -2.43. The Balaban J connectivity index is 1.76. The van der Waals surface area contributed by atoms with Crippen LogP contribution in [0.4, 0.5) is 0 Å². The van der Waals surface area contributed by atoms with Crippen molar-refractivity contribution in [2.45, 2.75) is 45.4 Å². The van der Waals surface area contributed by atoms with Crippen molar-refractivity contribution in [1.82, 2.24) is 10.2 Å². The van der Waals surface area contributed by atoms with E-state index in [1.54, 1.807) is 0 Å². The zero-order valence-corrected chi connectivity index (χ0v) is 11.3. The van der Waals surface area contributed by atoms with Crippen LogP contribution >= 0.6 is 0 Å². The molecule has 0 aromatic heterocycles. The van der Waals surface area contributed by atoms with Gasteiger partial charge in [-0.15, -0.1) is 0 Å². The summed E-state index contributed by atoms with van der Waals surface area (Å²) < 4.78 is 0. The van der Waals surface area contributed by atoms with Crippen molar-refractivity contribution in [3.63, 3.8) is 0 Å². The number of amides is 1. The molecule has 0 radical (unpaired) electrons. The van der Waals surface area contributed by atoms with E-state index < -0.39 is 0 Å². The number of nitrogens with zero attached hydrogens (tertiary/aromatic N) is 1. The Labute approximate surface area is 105 Å². The van der Waals surface area contributed by atoms with Crippen molar-refractivity contribution >= 4 is 5.91 Å². The normalized spacial score (nSPS) is 24.5. The molecule has 1 saturated carbocycles. The summed E-state index contributed by atoms with van der Waals surface area (Å²) in [7, 11) is 2.01. The van der Waals surface area contributed by atoms with Gasteiger partial charge in [-0.05, 0) is 51.6 Å². The van der Waals surface area contributed by atoms with Crippen LogP contribution in [0.25, 0.3) is 0 Å². The molecule has 1 saturated heterocycles. The Morgan fingerprint density at radius 1 is 1.35 bits per heavy atom. The SMILES string of the molecule is CNCCC1CCN(C(=O)C2(C)CCC2)CC1. The first-order chi connectivity index (χ1) is 8.15. The molecular weight excluding hydrogens is 212 g/mol. The third kappa shape index (κ3) is 2.82. The van der Waals surface area contributed by atoms with Gasteiger partial charge in [0.2, 0.25) is 5.91 Å². The highest BCUT2D eigenvalue weighted by atomic mass is 16.2. The lowest BCUT2D eigenvalue weighted by molar-refractivity contribution is -0.147. The molecule has 1 amide bonds. The smallest absolute Gasteiger partial charge is 0.228 e. The molecular formula is C14H26N2O. The van der Waals surface area contributed by atoms with Gasteiger partial charge in [0, 0.05) is 18.5 Å². The van der Waals surface area contributed by atoms with Crippen molar-refractivity contribution in [3.8, 4) is 0 Å². The molecule has 1 aliphatic carbocycles. The van der Waals surface area contributed by atoms with Crippen molar-refractivity contribution in [1.29, 1.82) is 0 Å². The summed E-state index contributed by atoms with van der Waals surface area (Å²) in [6.07, 6.45) is 7.10. The maximum atomic E-state index is 12.3. The van der Waals surface area contributed by atoms with Gasteiger partial charge in [-0.3, -0.25) is 4.79 Å². The van der Waals surface area contributed by atoms with Crippen LogP contribution in [0.1, 0.15) is 45.4 Å². The van der Waals surface area contributed by atoms with Crippen LogP contribution < -0.4 is 5.32 Å². The van der Waals surface area contributed by atoms with Crippen LogP contribution in [0, 0.1) is 11.3 Å². The van der Waals surface area contributed by atoms with E-state index in [1.807, 2.05) is 7.05 Å². The first-order valence-electron chi connectivity index (χ1n) is 7.10. The average molecular weight is 238 g/mol. The second-order valence-electron chi connectivity index (χ2n) is 6.04. The van der Waals surface area contributed by atoms with Crippen LogP contribution in [0.3, 0.4) is 0 Å². The third-order valence-corrected chi connectivity index (χ3v) is 4.68. The number of carbonyl (C=O) groups is 1. The Bertz CT molecular complexity index is 265. The van der Waals surface area contributed by atoms with Gasteiger partial charge in [0.1, 0.15) is 0 Å². The van der Waals surface area contributed by atoms with Gasteiger partial charge in [-0.25, -0.2) is 0 Å². The summed E-state index contributed by atoms with van der Waals surface area (Å²) in [6, 6.07) is 0. The second kappa shape index (κ2) is 5.38. The van der Waals surface area contributed by atoms with Gasteiger partial charge in [-0.2, -0.15) is 0 Å². The molecule has 0 spiro atoms. The number of likely N-dealkylation sites (tertiary alicyclic amines) is 1. The molecule has 98 valence electrons. The summed E-state index contributed by atoms with van der Waals surface area (Å²) in [5, 5.41) is 3.21. The Kier molecular flexibility index (Phi) is 4.08. The summed E-state index contributed by atoms with van der Waals surface area (Å²) in [5.74, 6) is 1.25. The maximum absolute atomic E-state index is 12.3. The molecule has 0 aromatic rings. The predicted octanol–water partition coefficient (Wildman–Crippen LogP) is 2.02. The molecule has 0 bridgehead atoms. The minimum atomic E-state index is -0.00217. The lowest BCUT2D eigenvalue weighted by Crippen LogP contribution is -2.49. The molecule has 17 heavy (non-hydrogen) atoms. The number of piperidine rings is 1. The van der Waals surface area contributed by atoms with Gasteiger partial charge in [0.25, 0.3) is 0 Å². The van der Waals surface area contributed by atoms with Gasteiger partial charge in [0.05, 0.1) is 0 Å². The topological polar surface area (TPSA) is 32.3 Å². The van der Waals surface area contributed by atoms with Gasteiger partial charge >= 0.3 is 0 Å². The van der Waals surface area contributed by atoms with Crippen LogP contribution in [0.2, 0.25) is 0 Å². The van der Waals surface area contributed by atoms with E-state index in [4.69, 9.17) is 0 Å². The van der Waals surface area contributed by atoms with E-state index in [-0.39, 0.29) is 5.41 Å². The van der Waals surface area contributed by atoms with Crippen molar-refractivity contribution < 1.29 is 4.79 Å². The van der Waals surface area contributed by atoms with E-state index in [2.05, 4.69) is 17.1 Å². The number of rotatable bonds is 4. The zero-order valence-electron chi connectivity index (χ0n) is 11.3. The Morgan fingerprint density at radius 2 is 2.00 bits per heavy atom. The second-order valence-corrected chi connectivity index (χ2v) is 6.04. The predicted molar refractivity (Wildman–Crippen MR) is 69.8 cm³/mol. The molecule has 2 rings (SSSR count). The fourth-order valence-corrected chi connectivity index (χ4v) is 3.08. The van der Waals surface area contributed by atoms with E-state index in [0.717, 1.165) is 38.4 Å². The van der Waals surface area contributed by atoms with Crippen LogP contribution in [0.15, 0.2) is 0 Å². The zero-order chi connectivity index (χ0) is 12.3. The van der Waals surface area contributed by atoms with Gasteiger partial charge in [0.15, 0.2) is 0 Å². The molecule has 1 heterocycles. The van der Waals surface area contributed by atoms with Crippen molar-refractivity contribution in [2.75, 3.05) is 26.7 Å². The van der Waals surface area contributed by atoms with Crippen molar-refractivity contribution in [2.24, 2.45) is 11.3 Å². The highest BCUT2D eigenvalue weighted by molar-refractivity contribution is 5.83. The Morgan fingerprint density at radius 3 is 2.47 bits per heavy atom. The van der Waals surface area contributed by atoms with Crippen LogP contribution in [-0.4, -0.2) is 37.5 Å². The van der Waals surface area contributed by atoms with Crippen molar-refractivity contribution in [3.05, 3.63) is 0 Å². The number of carbonyl (C=O) groups excluding carboxylic acids is 1. The summed E-state index contributed by atoms with van der Waals surface area (Å²) in [4.78, 5) is 14.5. The molecule has 0 atom stereocenters. The molecule has 1 N–H and O–H groups in total. The number of hydrogen-bond donors (Lipinski definition) is 1. The van der Waals surface area contributed by atoms with E-state index in [1.165, 1.54) is 25.7 Å². The number of nitrogens with one attached hydrogen (secondary N) is 1. The minimum Gasteiger partial charge on any atom is -0.342 e.